The molecular weight excluding hydrogens is 357 g/mol. The zero-order valence-corrected chi connectivity index (χ0v) is 15.5. The van der Waals surface area contributed by atoms with Crippen LogP contribution in [-0.2, 0) is 12.7 Å². The van der Waals surface area contributed by atoms with E-state index in [0.29, 0.717) is 28.8 Å². The highest BCUT2D eigenvalue weighted by Gasteiger charge is 2.33. The van der Waals surface area contributed by atoms with Gasteiger partial charge in [0.15, 0.2) is 11.7 Å². The predicted molar refractivity (Wildman–Crippen MR) is 94.6 cm³/mol. The number of guanidine groups is 1. The second-order valence-corrected chi connectivity index (χ2v) is 7.77. The van der Waals surface area contributed by atoms with Gasteiger partial charge in [-0.15, -0.1) is 11.3 Å². The van der Waals surface area contributed by atoms with E-state index in [-0.39, 0.29) is 6.54 Å². The number of halogens is 3. The number of thioether (sulfide) groups is 1. The summed E-state index contributed by atoms with van der Waals surface area (Å²) in [7, 11) is 0. The lowest BCUT2D eigenvalue weighted by atomic mass is 9.95. The van der Waals surface area contributed by atoms with E-state index in [2.05, 4.69) is 26.9 Å². The molecule has 1 aliphatic carbocycles. The lowest BCUT2D eigenvalue weighted by Crippen LogP contribution is -2.45. The minimum absolute atomic E-state index is 0.148. The molecule has 2 atom stereocenters. The first-order valence-corrected chi connectivity index (χ1v) is 10.2. The molecule has 0 radical (unpaired) electrons. The molecule has 1 aromatic heterocycles. The first kappa shape index (κ1) is 19.4. The first-order chi connectivity index (χ1) is 11.4. The van der Waals surface area contributed by atoms with Crippen LogP contribution in [0.2, 0.25) is 0 Å². The number of alkyl halides is 3. The summed E-state index contributed by atoms with van der Waals surface area (Å²) in [5.41, 5.74) is -0.842. The molecule has 0 amide bonds. The van der Waals surface area contributed by atoms with Gasteiger partial charge in [0.2, 0.25) is 0 Å². The van der Waals surface area contributed by atoms with Crippen LogP contribution in [0.4, 0.5) is 13.2 Å². The monoisotopic (exact) mass is 380 g/mol. The van der Waals surface area contributed by atoms with E-state index in [0.717, 1.165) is 29.6 Å². The Kier molecular flexibility index (Phi) is 7.21. The maximum Gasteiger partial charge on any atom is 0.434 e. The van der Waals surface area contributed by atoms with Crippen LogP contribution in [-0.4, -0.2) is 35.0 Å². The van der Waals surface area contributed by atoms with Crippen molar-refractivity contribution in [1.29, 1.82) is 0 Å². The maximum absolute atomic E-state index is 12.6. The standard InChI is InChI=1S/C15H23F3N4S2/c1-3-19-14(21-10-5-4-6-11(7-10)23-2)20-8-13-22-12(9-24-13)15(16,17)18/h9-11H,3-8H2,1-2H3,(H2,19,20,21). The molecule has 0 spiro atoms. The number of hydrogen-bond donors (Lipinski definition) is 2. The quantitative estimate of drug-likeness (QED) is 0.601. The zero-order valence-electron chi connectivity index (χ0n) is 13.8. The maximum atomic E-state index is 12.6. The van der Waals surface area contributed by atoms with Crippen molar-refractivity contribution < 1.29 is 13.2 Å². The van der Waals surface area contributed by atoms with E-state index in [1.54, 1.807) is 0 Å². The second-order valence-electron chi connectivity index (χ2n) is 5.68. The Labute approximate surface area is 148 Å². The van der Waals surface area contributed by atoms with Gasteiger partial charge in [-0.2, -0.15) is 24.9 Å². The third-order valence-electron chi connectivity index (χ3n) is 3.86. The summed E-state index contributed by atoms with van der Waals surface area (Å²) in [4.78, 5) is 8.01. The van der Waals surface area contributed by atoms with Crippen LogP contribution in [0.3, 0.4) is 0 Å². The highest BCUT2D eigenvalue weighted by atomic mass is 32.2. The Bertz CT molecular complexity index is 545. The molecule has 1 fully saturated rings. The Balaban J connectivity index is 1.96. The van der Waals surface area contributed by atoms with Crippen molar-refractivity contribution in [2.24, 2.45) is 4.99 Å². The second kappa shape index (κ2) is 8.94. The third kappa shape index (κ3) is 5.84. The van der Waals surface area contributed by atoms with E-state index in [1.165, 1.54) is 12.8 Å². The van der Waals surface area contributed by atoms with Crippen LogP contribution in [0.1, 0.15) is 43.3 Å². The van der Waals surface area contributed by atoms with Crippen molar-refractivity contribution in [3.8, 4) is 0 Å². The summed E-state index contributed by atoms with van der Waals surface area (Å²) in [5, 5.41) is 8.63. The van der Waals surface area contributed by atoms with Gasteiger partial charge in [-0.3, -0.25) is 0 Å². The van der Waals surface area contributed by atoms with Crippen molar-refractivity contribution in [2.75, 3.05) is 12.8 Å². The van der Waals surface area contributed by atoms with Gasteiger partial charge >= 0.3 is 6.18 Å². The zero-order chi connectivity index (χ0) is 17.6. The number of thiazole rings is 1. The van der Waals surface area contributed by atoms with Gasteiger partial charge in [0, 0.05) is 23.2 Å². The molecule has 0 saturated heterocycles. The Hall–Kier alpha value is -0.960. The average molecular weight is 381 g/mol. The Morgan fingerprint density at radius 1 is 1.46 bits per heavy atom. The molecule has 2 unspecified atom stereocenters. The fraction of sp³-hybridized carbons (Fsp3) is 0.733. The van der Waals surface area contributed by atoms with Crippen LogP contribution in [0.5, 0.6) is 0 Å². The van der Waals surface area contributed by atoms with Gasteiger partial charge in [0.05, 0.1) is 6.54 Å². The smallest absolute Gasteiger partial charge is 0.357 e. The van der Waals surface area contributed by atoms with Crippen molar-refractivity contribution in [1.82, 2.24) is 15.6 Å². The number of rotatable bonds is 5. The molecule has 1 aliphatic rings. The molecule has 24 heavy (non-hydrogen) atoms. The van der Waals surface area contributed by atoms with Crippen LogP contribution in [0, 0.1) is 0 Å². The highest BCUT2D eigenvalue weighted by molar-refractivity contribution is 7.99. The lowest BCUT2D eigenvalue weighted by molar-refractivity contribution is -0.140. The third-order valence-corrected chi connectivity index (χ3v) is 5.79. The molecule has 1 saturated carbocycles. The molecule has 0 bridgehead atoms. The fourth-order valence-electron chi connectivity index (χ4n) is 2.66. The summed E-state index contributed by atoms with van der Waals surface area (Å²) in [5.74, 6) is 0.646. The summed E-state index contributed by atoms with van der Waals surface area (Å²) in [6.07, 6.45) is 2.34. The van der Waals surface area contributed by atoms with E-state index in [9.17, 15) is 13.2 Å². The molecule has 1 heterocycles. The van der Waals surface area contributed by atoms with Gasteiger partial charge in [-0.05, 0) is 32.4 Å². The summed E-state index contributed by atoms with van der Waals surface area (Å²) in [6.45, 7) is 2.82. The molecule has 0 aromatic carbocycles. The van der Waals surface area contributed by atoms with E-state index in [4.69, 9.17) is 0 Å². The molecule has 136 valence electrons. The van der Waals surface area contributed by atoms with E-state index < -0.39 is 11.9 Å². The Morgan fingerprint density at radius 3 is 2.88 bits per heavy atom. The van der Waals surface area contributed by atoms with E-state index >= 15 is 0 Å². The van der Waals surface area contributed by atoms with Gasteiger partial charge in [0.25, 0.3) is 0 Å². The minimum Gasteiger partial charge on any atom is -0.357 e. The normalized spacial score (nSPS) is 22.5. The molecule has 4 nitrogen and oxygen atoms in total. The molecule has 0 aliphatic heterocycles. The highest BCUT2D eigenvalue weighted by Crippen LogP contribution is 2.30. The SMILES string of the molecule is CCNC(=NCc1nc(C(F)(F)F)cs1)NC1CCCC(SC)C1. The van der Waals surface area contributed by atoms with Crippen molar-refractivity contribution in [3.05, 3.63) is 16.1 Å². The molecule has 2 rings (SSSR count). The first-order valence-electron chi connectivity index (χ1n) is 8.01. The van der Waals surface area contributed by atoms with Gasteiger partial charge in [-0.25, -0.2) is 9.98 Å². The van der Waals surface area contributed by atoms with E-state index in [1.807, 2.05) is 18.7 Å². The van der Waals surface area contributed by atoms with Crippen LogP contribution >= 0.6 is 23.1 Å². The largest absolute Gasteiger partial charge is 0.434 e. The van der Waals surface area contributed by atoms with Crippen LogP contribution in [0.25, 0.3) is 0 Å². The molecule has 1 aromatic rings. The average Bonchev–Trinajstić information content (AvgIpc) is 3.02. The number of aromatic nitrogens is 1. The summed E-state index contributed by atoms with van der Waals surface area (Å²) < 4.78 is 37.7. The van der Waals surface area contributed by atoms with Crippen LogP contribution < -0.4 is 10.6 Å². The van der Waals surface area contributed by atoms with Crippen LogP contribution in [0.15, 0.2) is 10.4 Å². The Morgan fingerprint density at radius 2 is 2.25 bits per heavy atom. The fourth-order valence-corrected chi connectivity index (χ4v) is 4.22. The minimum atomic E-state index is -4.39. The lowest BCUT2D eigenvalue weighted by Gasteiger charge is -2.29. The number of nitrogens with one attached hydrogen (secondary N) is 2. The molecule has 9 heteroatoms. The summed E-state index contributed by atoms with van der Waals surface area (Å²) in [6, 6.07) is 0.357. The number of aliphatic imine (C=N–C) groups is 1. The van der Waals surface area contributed by atoms with Crippen molar-refractivity contribution >= 4 is 29.1 Å². The summed E-state index contributed by atoms with van der Waals surface area (Å²) >= 11 is 2.88. The topological polar surface area (TPSA) is 49.3 Å². The van der Waals surface area contributed by atoms with Gasteiger partial charge < -0.3 is 10.6 Å². The molecular formula is C15H23F3N4S2. The molecule has 2 N–H and O–H groups in total. The number of hydrogen-bond acceptors (Lipinski definition) is 4. The number of nitrogens with zero attached hydrogens (tertiary/aromatic N) is 2. The van der Waals surface area contributed by atoms with Gasteiger partial charge in [0.1, 0.15) is 5.01 Å². The van der Waals surface area contributed by atoms with Crippen molar-refractivity contribution in [2.45, 2.75) is 56.6 Å². The van der Waals surface area contributed by atoms with Crippen molar-refractivity contribution in [3.63, 3.8) is 0 Å². The van der Waals surface area contributed by atoms with Gasteiger partial charge in [-0.1, -0.05) is 6.42 Å². The predicted octanol–water partition coefficient (Wildman–Crippen LogP) is 3.89.